The van der Waals surface area contributed by atoms with Gasteiger partial charge in [-0.2, -0.15) is 0 Å². The van der Waals surface area contributed by atoms with Gasteiger partial charge >= 0.3 is 0 Å². The number of nitrogens with zero attached hydrogens (tertiary/aromatic N) is 6. The fourth-order valence-electron chi connectivity index (χ4n) is 4.13. The zero-order chi connectivity index (χ0) is 16.9. The molecule has 0 bridgehead atoms. The summed E-state index contributed by atoms with van der Waals surface area (Å²) in [6.45, 7) is 13.8. The summed E-state index contributed by atoms with van der Waals surface area (Å²) >= 11 is 0. The summed E-state index contributed by atoms with van der Waals surface area (Å²) in [5, 5.41) is 12.9. The fourth-order valence-corrected chi connectivity index (χ4v) is 4.13. The van der Waals surface area contributed by atoms with E-state index >= 15 is 0 Å². The van der Waals surface area contributed by atoms with Crippen LogP contribution in [0, 0.1) is 5.92 Å². The third kappa shape index (κ3) is 4.03. The van der Waals surface area contributed by atoms with E-state index in [1.807, 2.05) is 6.08 Å². The Hall–Kier alpha value is -1.27. The van der Waals surface area contributed by atoms with Gasteiger partial charge in [0.2, 0.25) is 0 Å². The molecule has 0 N–H and O–H groups in total. The van der Waals surface area contributed by atoms with Crippen LogP contribution in [0.25, 0.3) is 0 Å². The van der Waals surface area contributed by atoms with Crippen molar-refractivity contribution >= 4 is 0 Å². The first-order valence-electron chi connectivity index (χ1n) is 9.54. The summed E-state index contributed by atoms with van der Waals surface area (Å²) in [7, 11) is 0. The van der Waals surface area contributed by atoms with E-state index in [-0.39, 0.29) is 0 Å². The van der Waals surface area contributed by atoms with Crippen LogP contribution in [0.4, 0.5) is 0 Å². The highest BCUT2D eigenvalue weighted by Crippen LogP contribution is 2.33. The smallest absolute Gasteiger partial charge is 0.168 e. The van der Waals surface area contributed by atoms with Gasteiger partial charge in [0.15, 0.2) is 5.82 Å². The normalized spacial score (nSPS) is 22.3. The van der Waals surface area contributed by atoms with Crippen LogP contribution in [-0.2, 0) is 0 Å². The van der Waals surface area contributed by atoms with Crippen molar-refractivity contribution in [3.8, 4) is 0 Å². The highest BCUT2D eigenvalue weighted by atomic mass is 15.6. The maximum Gasteiger partial charge on any atom is 0.168 e. The monoisotopic (exact) mass is 332 g/mol. The van der Waals surface area contributed by atoms with E-state index in [4.69, 9.17) is 0 Å². The molecule has 1 aromatic heterocycles. The lowest BCUT2D eigenvalue weighted by Crippen LogP contribution is -2.48. The summed E-state index contributed by atoms with van der Waals surface area (Å²) in [4.78, 5) is 5.06. The maximum absolute atomic E-state index is 4.48. The van der Waals surface area contributed by atoms with E-state index in [1.54, 1.807) is 0 Å². The van der Waals surface area contributed by atoms with Gasteiger partial charge in [-0.15, -0.1) is 11.7 Å². The SMILES string of the molecule is C=CCN1CCN([C@@H](CC(C)C)c2nnnn2C2CCCC2)CC1. The van der Waals surface area contributed by atoms with Crippen molar-refractivity contribution in [2.45, 2.75) is 58.0 Å². The van der Waals surface area contributed by atoms with Crippen LogP contribution in [0.5, 0.6) is 0 Å². The zero-order valence-electron chi connectivity index (χ0n) is 15.3. The van der Waals surface area contributed by atoms with E-state index in [1.165, 1.54) is 25.7 Å². The van der Waals surface area contributed by atoms with E-state index in [9.17, 15) is 0 Å². The molecule has 1 aliphatic heterocycles. The topological polar surface area (TPSA) is 50.1 Å². The number of hydrogen-bond donors (Lipinski definition) is 0. The van der Waals surface area contributed by atoms with Gasteiger partial charge in [0.25, 0.3) is 0 Å². The molecule has 2 heterocycles. The molecule has 24 heavy (non-hydrogen) atoms. The average Bonchev–Trinajstić information content (AvgIpc) is 3.24. The molecule has 134 valence electrons. The van der Waals surface area contributed by atoms with E-state index < -0.39 is 0 Å². The molecule has 1 atom stereocenters. The minimum absolute atomic E-state index is 0.339. The van der Waals surface area contributed by atoms with E-state index in [0.29, 0.717) is 18.0 Å². The van der Waals surface area contributed by atoms with Gasteiger partial charge < -0.3 is 0 Å². The van der Waals surface area contributed by atoms with Crippen LogP contribution >= 0.6 is 0 Å². The second-order valence-electron chi connectivity index (χ2n) is 7.69. The first kappa shape index (κ1) is 17.5. The molecule has 0 spiro atoms. The van der Waals surface area contributed by atoms with Crippen molar-refractivity contribution in [2.24, 2.45) is 5.92 Å². The second kappa shape index (κ2) is 8.21. The van der Waals surface area contributed by atoms with Crippen molar-refractivity contribution in [3.63, 3.8) is 0 Å². The van der Waals surface area contributed by atoms with Crippen molar-refractivity contribution < 1.29 is 0 Å². The largest absolute Gasteiger partial charge is 0.297 e. The van der Waals surface area contributed by atoms with Gasteiger partial charge in [-0.25, -0.2) is 4.68 Å². The second-order valence-corrected chi connectivity index (χ2v) is 7.69. The van der Waals surface area contributed by atoms with Gasteiger partial charge in [0.1, 0.15) is 0 Å². The Morgan fingerprint density at radius 2 is 1.88 bits per heavy atom. The Bertz CT molecular complexity index is 511. The minimum atomic E-state index is 0.339. The molecule has 2 aliphatic rings. The van der Waals surface area contributed by atoms with E-state index in [2.05, 4.69) is 50.4 Å². The molecular formula is C18H32N6. The van der Waals surface area contributed by atoms with Gasteiger partial charge in [-0.05, 0) is 35.6 Å². The zero-order valence-corrected chi connectivity index (χ0v) is 15.3. The summed E-state index contributed by atoms with van der Waals surface area (Å²) in [6.07, 6.45) is 8.17. The van der Waals surface area contributed by atoms with Gasteiger partial charge in [-0.3, -0.25) is 9.80 Å². The molecule has 6 heteroatoms. The van der Waals surface area contributed by atoms with Crippen molar-refractivity contribution in [1.82, 2.24) is 30.0 Å². The lowest BCUT2D eigenvalue weighted by atomic mass is 10.0. The lowest BCUT2D eigenvalue weighted by molar-refractivity contribution is 0.0853. The summed E-state index contributed by atoms with van der Waals surface area (Å²) in [6, 6.07) is 0.846. The maximum atomic E-state index is 4.48. The predicted octanol–water partition coefficient (Wildman–Crippen LogP) is 2.68. The van der Waals surface area contributed by atoms with Crippen LogP contribution in [0.1, 0.15) is 63.9 Å². The summed E-state index contributed by atoms with van der Waals surface area (Å²) in [5.74, 6) is 1.72. The molecular weight excluding hydrogens is 300 g/mol. The molecule has 1 aliphatic carbocycles. The third-order valence-electron chi connectivity index (χ3n) is 5.42. The van der Waals surface area contributed by atoms with Crippen molar-refractivity contribution in [1.29, 1.82) is 0 Å². The molecule has 2 fully saturated rings. The quantitative estimate of drug-likeness (QED) is 0.719. The Morgan fingerprint density at radius 3 is 2.50 bits per heavy atom. The van der Waals surface area contributed by atoms with Crippen LogP contribution in [-0.4, -0.2) is 62.7 Å². The predicted molar refractivity (Wildman–Crippen MR) is 95.7 cm³/mol. The number of rotatable bonds is 7. The molecule has 1 saturated heterocycles. The van der Waals surface area contributed by atoms with Gasteiger partial charge in [0.05, 0.1) is 12.1 Å². The molecule has 1 aromatic rings. The van der Waals surface area contributed by atoms with Crippen molar-refractivity contribution in [3.05, 3.63) is 18.5 Å². The number of hydrogen-bond acceptors (Lipinski definition) is 5. The highest BCUT2D eigenvalue weighted by Gasteiger charge is 2.31. The van der Waals surface area contributed by atoms with Crippen molar-refractivity contribution in [2.75, 3.05) is 32.7 Å². The molecule has 1 saturated carbocycles. The molecule has 3 rings (SSSR count). The molecule has 0 unspecified atom stereocenters. The molecule has 0 radical (unpaired) electrons. The molecule has 0 aromatic carbocycles. The lowest BCUT2D eigenvalue weighted by Gasteiger charge is -2.39. The van der Waals surface area contributed by atoms with Gasteiger partial charge in [0, 0.05) is 32.7 Å². The Balaban J connectivity index is 1.75. The molecule has 0 amide bonds. The Labute approximate surface area is 145 Å². The summed E-state index contributed by atoms with van der Waals surface area (Å²) < 4.78 is 2.15. The average molecular weight is 332 g/mol. The van der Waals surface area contributed by atoms with Crippen LogP contribution < -0.4 is 0 Å². The van der Waals surface area contributed by atoms with E-state index in [0.717, 1.165) is 45.0 Å². The van der Waals surface area contributed by atoms with Crippen LogP contribution in [0.2, 0.25) is 0 Å². The number of tetrazole rings is 1. The minimum Gasteiger partial charge on any atom is -0.297 e. The Morgan fingerprint density at radius 1 is 1.17 bits per heavy atom. The Kier molecular flexibility index (Phi) is 6.00. The van der Waals surface area contributed by atoms with Crippen LogP contribution in [0.15, 0.2) is 12.7 Å². The van der Waals surface area contributed by atoms with Crippen LogP contribution in [0.3, 0.4) is 0 Å². The third-order valence-corrected chi connectivity index (χ3v) is 5.42. The highest BCUT2D eigenvalue weighted by molar-refractivity contribution is 4.98. The first-order chi connectivity index (χ1) is 11.7. The summed E-state index contributed by atoms with van der Waals surface area (Å²) in [5.41, 5.74) is 0. The van der Waals surface area contributed by atoms with Gasteiger partial charge in [-0.1, -0.05) is 32.8 Å². The first-order valence-corrected chi connectivity index (χ1v) is 9.54. The fraction of sp³-hybridized carbons (Fsp3) is 0.833. The number of piperazine rings is 1. The molecule has 6 nitrogen and oxygen atoms in total. The number of aromatic nitrogens is 4. The standard InChI is InChI=1S/C18H32N6/c1-4-9-22-10-12-23(13-11-22)17(14-15(2)3)18-19-20-21-24(18)16-7-5-6-8-16/h4,15-17H,1,5-14H2,2-3H3/t17-/m0/s1.